The van der Waals surface area contributed by atoms with Crippen LogP contribution in [0.15, 0.2) is 60.0 Å². The van der Waals surface area contributed by atoms with Gasteiger partial charge in [-0.1, -0.05) is 15.9 Å². The van der Waals surface area contributed by atoms with Crippen LogP contribution in [-0.4, -0.2) is 13.1 Å². The maximum Gasteiger partial charge on any atom is 0.114 e. The van der Waals surface area contributed by atoms with Gasteiger partial charge in [-0.3, -0.25) is 0 Å². The summed E-state index contributed by atoms with van der Waals surface area (Å²) in [4.78, 5) is 2.16. The topological polar surface area (TPSA) is 51.8 Å². The zero-order valence-electron chi connectivity index (χ0n) is 13.0. The first-order valence-corrected chi connectivity index (χ1v) is 9.71. The highest BCUT2D eigenvalue weighted by atomic mass is 79.9. The Hall–Kier alpha value is -1.23. The SMILES string of the molecule is CCN(CCC#N)c1ccc(N=Nc2c(Br)cc(Br)cc2Br)cc1. The van der Waals surface area contributed by atoms with Crippen molar-refractivity contribution in [3.63, 3.8) is 0 Å². The summed E-state index contributed by atoms with van der Waals surface area (Å²) in [5.74, 6) is 0. The van der Waals surface area contributed by atoms with Crippen molar-refractivity contribution in [2.24, 2.45) is 10.2 Å². The molecular formula is C17H15Br3N4. The van der Waals surface area contributed by atoms with Crippen LogP contribution in [0.1, 0.15) is 13.3 Å². The average Bonchev–Trinajstić information content (AvgIpc) is 2.55. The quantitative estimate of drug-likeness (QED) is 0.385. The highest BCUT2D eigenvalue weighted by molar-refractivity contribution is 9.11. The van der Waals surface area contributed by atoms with Crippen LogP contribution in [0.3, 0.4) is 0 Å². The molecule has 0 atom stereocenters. The molecule has 0 fully saturated rings. The van der Waals surface area contributed by atoms with Gasteiger partial charge in [0.05, 0.1) is 18.2 Å². The minimum atomic E-state index is 0.515. The van der Waals surface area contributed by atoms with Gasteiger partial charge >= 0.3 is 0 Å². The van der Waals surface area contributed by atoms with Crippen LogP contribution in [0.25, 0.3) is 0 Å². The minimum absolute atomic E-state index is 0.515. The van der Waals surface area contributed by atoms with Crippen LogP contribution in [0.5, 0.6) is 0 Å². The zero-order valence-corrected chi connectivity index (χ0v) is 17.8. The van der Waals surface area contributed by atoms with E-state index in [9.17, 15) is 0 Å². The molecule has 2 rings (SSSR count). The predicted octanol–water partition coefficient (Wildman–Crippen LogP) is 7.13. The molecule has 0 N–H and O–H groups in total. The molecule has 0 spiro atoms. The predicted molar refractivity (Wildman–Crippen MR) is 108 cm³/mol. The number of hydrogen-bond donors (Lipinski definition) is 0. The third kappa shape index (κ3) is 5.13. The second-order valence-electron chi connectivity index (χ2n) is 4.92. The first-order chi connectivity index (χ1) is 11.5. The number of halogens is 3. The van der Waals surface area contributed by atoms with Crippen LogP contribution in [-0.2, 0) is 0 Å². The third-order valence-corrected chi connectivity index (χ3v) is 5.00. The molecule has 0 aliphatic heterocycles. The molecule has 2 aromatic rings. The molecule has 124 valence electrons. The Morgan fingerprint density at radius 3 is 2.21 bits per heavy atom. The highest BCUT2D eigenvalue weighted by Gasteiger charge is 2.07. The van der Waals surface area contributed by atoms with Gasteiger partial charge in [0.15, 0.2) is 0 Å². The largest absolute Gasteiger partial charge is 0.371 e. The molecule has 24 heavy (non-hydrogen) atoms. The van der Waals surface area contributed by atoms with E-state index >= 15 is 0 Å². The van der Waals surface area contributed by atoms with E-state index in [0.717, 1.165) is 43.6 Å². The molecule has 4 nitrogen and oxygen atoms in total. The van der Waals surface area contributed by atoms with Crippen molar-refractivity contribution >= 4 is 64.9 Å². The van der Waals surface area contributed by atoms with Crippen LogP contribution in [0.4, 0.5) is 17.1 Å². The lowest BCUT2D eigenvalue weighted by atomic mass is 10.2. The lowest BCUT2D eigenvalue weighted by Crippen LogP contribution is -2.23. The lowest BCUT2D eigenvalue weighted by Gasteiger charge is -2.21. The molecule has 0 aliphatic carbocycles. The van der Waals surface area contributed by atoms with E-state index in [2.05, 4.69) is 75.9 Å². The summed E-state index contributed by atoms with van der Waals surface area (Å²) in [6.45, 7) is 3.67. The second kappa shape index (κ2) is 9.30. The van der Waals surface area contributed by atoms with E-state index in [1.807, 2.05) is 36.4 Å². The molecular weight excluding hydrogens is 500 g/mol. The van der Waals surface area contributed by atoms with Gasteiger partial charge in [-0.25, -0.2) is 0 Å². The van der Waals surface area contributed by atoms with Gasteiger partial charge in [0.2, 0.25) is 0 Å². The van der Waals surface area contributed by atoms with Crippen molar-refractivity contribution in [1.29, 1.82) is 5.26 Å². The van der Waals surface area contributed by atoms with Gasteiger partial charge in [0.25, 0.3) is 0 Å². The van der Waals surface area contributed by atoms with Gasteiger partial charge in [-0.2, -0.15) is 10.4 Å². The van der Waals surface area contributed by atoms with E-state index < -0.39 is 0 Å². The molecule has 0 unspecified atom stereocenters. The van der Waals surface area contributed by atoms with Crippen molar-refractivity contribution in [1.82, 2.24) is 0 Å². The van der Waals surface area contributed by atoms with Gasteiger partial charge in [-0.15, -0.1) is 5.11 Å². The Kier molecular flexibility index (Phi) is 7.40. The first-order valence-electron chi connectivity index (χ1n) is 7.33. The van der Waals surface area contributed by atoms with E-state index in [-0.39, 0.29) is 0 Å². The fourth-order valence-electron chi connectivity index (χ4n) is 2.12. The van der Waals surface area contributed by atoms with Crippen molar-refractivity contribution < 1.29 is 0 Å². The molecule has 2 aromatic carbocycles. The average molecular weight is 515 g/mol. The molecule has 0 bridgehead atoms. The number of nitriles is 1. The Morgan fingerprint density at radius 2 is 1.67 bits per heavy atom. The van der Waals surface area contributed by atoms with Crippen molar-refractivity contribution in [3.05, 3.63) is 49.8 Å². The van der Waals surface area contributed by atoms with Crippen molar-refractivity contribution in [3.8, 4) is 6.07 Å². The smallest absolute Gasteiger partial charge is 0.114 e. The minimum Gasteiger partial charge on any atom is -0.371 e. The van der Waals surface area contributed by atoms with Crippen molar-refractivity contribution in [2.45, 2.75) is 13.3 Å². The third-order valence-electron chi connectivity index (χ3n) is 3.34. The monoisotopic (exact) mass is 512 g/mol. The summed E-state index contributed by atoms with van der Waals surface area (Å²) in [6.07, 6.45) is 0.515. The summed E-state index contributed by atoms with van der Waals surface area (Å²) in [6, 6.07) is 13.9. The molecule has 0 saturated heterocycles. The Labute approximate surface area is 167 Å². The maximum atomic E-state index is 8.73. The lowest BCUT2D eigenvalue weighted by molar-refractivity contribution is 0.827. The number of nitrogens with zero attached hydrogens (tertiary/aromatic N) is 4. The number of anilines is 1. The van der Waals surface area contributed by atoms with Crippen LogP contribution < -0.4 is 4.90 Å². The molecule has 0 amide bonds. The molecule has 0 heterocycles. The summed E-state index contributed by atoms with van der Waals surface area (Å²) in [7, 11) is 0. The molecule has 0 aromatic heterocycles. The van der Waals surface area contributed by atoms with Crippen LogP contribution in [0, 0.1) is 11.3 Å². The summed E-state index contributed by atoms with van der Waals surface area (Å²) in [5.41, 5.74) is 2.60. The second-order valence-corrected chi connectivity index (χ2v) is 7.55. The summed E-state index contributed by atoms with van der Waals surface area (Å²) in [5, 5.41) is 17.3. The standard InChI is InChI=1S/C17H15Br3N4/c1-2-24(9-3-8-21)14-6-4-13(5-7-14)22-23-17-15(19)10-12(18)11-16(17)20/h4-7,10-11H,2-3,9H2,1H3. The Morgan fingerprint density at radius 1 is 1.04 bits per heavy atom. The van der Waals surface area contributed by atoms with Gasteiger partial charge in [0.1, 0.15) is 5.69 Å². The number of hydrogen-bond acceptors (Lipinski definition) is 4. The Balaban J connectivity index is 2.16. The van der Waals surface area contributed by atoms with Crippen LogP contribution >= 0.6 is 47.8 Å². The van der Waals surface area contributed by atoms with Gasteiger partial charge < -0.3 is 4.90 Å². The van der Waals surface area contributed by atoms with Crippen LogP contribution in [0.2, 0.25) is 0 Å². The molecule has 0 saturated carbocycles. The maximum absolute atomic E-state index is 8.73. The summed E-state index contributed by atoms with van der Waals surface area (Å²) < 4.78 is 2.68. The van der Waals surface area contributed by atoms with Gasteiger partial charge in [-0.05, 0) is 75.2 Å². The van der Waals surface area contributed by atoms with Gasteiger partial charge in [0, 0.05) is 32.2 Å². The number of benzene rings is 2. The summed E-state index contributed by atoms with van der Waals surface area (Å²) >= 11 is 10.4. The van der Waals surface area contributed by atoms with Crippen molar-refractivity contribution in [2.75, 3.05) is 18.0 Å². The van der Waals surface area contributed by atoms with E-state index in [1.54, 1.807) is 0 Å². The van der Waals surface area contributed by atoms with E-state index in [4.69, 9.17) is 5.26 Å². The fourth-order valence-corrected chi connectivity index (χ4v) is 4.54. The molecule has 0 radical (unpaired) electrons. The zero-order chi connectivity index (χ0) is 17.5. The molecule has 7 heteroatoms. The first kappa shape index (κ1) is 19.1. The van der Waals surface area contributed by atoms with E-state index in [0.29, 0.717) is 6.42 Å². The normalized spacial score (nSPS) is 10.8. The number of azo groups is 1. The molecule has 0 aliphatic rings. The van der Waals surface area contributed by atoms with E-state index in [1.165, 1.54) is 0 Å². The Bertz CT molecular complexity index is 743. The number of rotatable bonds is 6. The fraction of sp³-hybridized carbons (Fsp3) is 0.235. The highest BCUT2D eigenvalue weighted by Crippen LogP contribution is 2.37.